The summed E-state index contributed by atoms with van der Waals surface area (Å²) in [5, 5.41) is 24.9. The average Bonchev–Trinajstić information content (AvgIpc) is 3.00. The van der Waals surface area contributed by atoms with E-state index in [-0.39, 0.29) is 17.8 Å². The van der Waals surface area contributed by atoms with Gasteiger partial charge in [0.15, 0.2) is 5.84 Å². The molecule has 0 aliphatic heterocycles. The molecule has 2 heterocycles. The van der Waals surface area contributed by atoms with Gasteiger partial charge in [-0.3, -0.25) is 4.98 Å². The fourth-order valence-corrected chi connectivity index (χ4v) is 3.41. The summed E-state index contributed by atoms with van der Waals surface area (Å²) in [6.07, 6.45) is 3.29. The third kappa shape index (κ3) is 8.55. The van der Waals surface area contributed by atoms with Gasteiger partial charge in [0.25, 0.3) is 0 Å². The van der Waals surface area contributed by atoms with Crippen LogP contribution in [0.15, 0.2) is 118 Å². The minimum atomic E-state index is -0.382. The van der Waals surface area contributed by atoms with Crippen molar-refractivity contribution in [3.8, 4) is 0 Å². The lowest BCUT2D eigenvalue weighted by Gasteiger charge is -2.09. The first kappa shape index (κ1) is 28.1. The van der Waals surface area contributed by atoms with Gasteiger partial charge in [-0.25, -0.2) is 9.78 Å². The minimum Gasteiger partial charge on any atom is -0.380 e. The first-order valence-electron chi connectivity index (χ1n) is 12.5. The molecule has 206 valence electrons. The first-order chi connectivity index (χ1) is 19.9. The zero-order valence-electron chi connectivity index (χ0n) is 22.5. The Bertz CT molecular complexity index is 1580. The van der Waals surface area contributed by atoms with Gasteiger partial charge in [0.1, 0.15) is 11.5 Å². The van der Waals surface area contributed by atoms with Crippen LogP contribution in [0.5, 0.6) is 0 Å². The zero-order valence-corrected chi connectivity index (χ0v) is 22.5. The van der Waals surface area contributed by atoms with Gasteiger partial charge in [-0.2, -0.15) is 10.2 Å². The summed E-state index contributed by atoms with van der Waals surface area (Å²) in [7, 11) is 0. The van der Waals surface area contributed by atoms with Gasteiger partial charge in [0, 0.05) is 23.8 Å². The van der Waals surface area contributed by atoms with E-state index in [0.29, 0.717) is 34.3 Å². The van der Waals surface area contributed by atoms with E-state index >= 15 is 0 Å². The van der Waals surface area contributed by atoms with Crippen molar-refractivity contribution in [2.45, 2.75) is 13.8 Å². The summed E-state index contributed by atoms with van der Waals surface area (Å²) in [6.45, 7) is 3.63. The molecule has 0 saturated carbocycles. The summed E-state index contributed by atoms with van der Waals surface area (Å²) < 4.78 is 0. The highest BCUT2D eigenvalue weighted by atomic mass is 16.2. The standard InChI is InChI=1S/C29H29N11O/c1-19(37-39-27(30)25-7-3-5-17-32-25)21-9-13-23(14-10-21)34-29(41)35-24-15-11-22(12-16-24)20(2)38-40-28(31)36-26-8-4-6-18-33-26/h3-18H,1-2H3,(H2,30,39)(H2,34,35,41)(H3,31,33,36,40)/b37-19-,38-20+. The summed E-state index contributed by atoms with van der Waals surface area (Å²) in [6, 6.07) is 24.8. The van der Waals surface area contributed by atoms with E-state index in [4.69, 9.17) is 11.5 Å². The Morgan fingerprint density at radius 2 is 1.17 bits per heavy atom. The second-order valence-corrected chi connectivity index (χ2v) is 8.63. The summed E-state index contributed by atoms with van der Waals surface area (Å²) in [4.78, 5) is 20.8. The molecule has 4 rings (SSSR count). The third-order valence-corrected chi connectivity index (χ3v) is 5.58. The molecule has 0 bridgehead atoms. The Hall–Kier alpha value is -5.91. The van der Waals surface area contributed by atoms with Crippen molar-refractivity contribution in [2.24, 2.45) is 31.9 Å². The van der Waals surface area contributed by atoms with Crippen molar-refractivity contribution in [1.29, 1.82) is 0 Å². The molecule has 0 spiro atoms. The van der Waals surface area contributed by atoms with Crippen LogP contribution in [0.3, 0.4) is 0 Å². The molecule has 0 saturated heterocycles. The maximum absolute atomic E-state index is 12.5. The Morgan fingerprint density at radius 1 is 0.634 bits per heavy atom. The molecule has 2 aromatic carbocycles. The predicted octanol–water partition coefficient (Wildman–Crippen LogP) is 4.40. The fourth-order valence-electron chi connectivity index (χ4n) is 3.41. The van der Waals surface area contributed by atoms with Crippen molar-refractivity contribution in [1.82, 2.24) is 9.97 Å². The number of nitrogens with zero attached hydrogens (tertiary/aromatic N) is 6. The number of rotatable bonds is 8. The lowest BCUT2D eigenvalue weighted by atomic mass is 10.1. The number of carbonyl (C=O) groups excluding carboxylic acids is 1. The van der Waals surface area contributed by atoms with Crippen LogP contribution in [-0.2, 0) is 0 Å². The summed E-state index contributed by atoms with van der Waals surface area (Å²) in [5.74, 6) is 0.915. The Balaban J connectivity index is 1.30. The van der Waals surface area contributed by atoms with Crippen molar-refractivity contribution in [2.75, 3.05) is 16.0 Å². The maximum atomic E-state index is 12.5. The molecule has 4 aromatic rings. The van der Waals surface area contributed by atoms with Crippen molar-refractivity contribution in [3.05, 3.63) is 114 Å². The zero-order chi connectivity index (χ0) is 29.0. The summed E-state index contributed by atoms with van der Waals surface area (Å²) in [5.41, 5.74) is 16.6. The second-order valence-electron chi connectivity index (χ2n) is 8.63. The van der Waals surface area contributed by atoms with Gasteiger partial charge in [-0.1, -0.05) is 36.4 Å². The molecule has 0 aliphatic rings. The minimum absolute atomic E-state index is 0.118. The van der Waals surface area contributed by atoms with Crippen LogP contribution in [0.1, 0.15) is 30.7 Å². The number of amidine groups is 1. The van der Waals surface area contributed by atoms with E-state index in [2.05, 4.69) is 46.3 Å². The smallest absolute Gasteiger partial charge is 0.323 e. The number of benzene rings is 2. The molecular weight excluding hydrogens is 518 g/mol. The maximum Gasteiger partial charge on any atom is 0.323 e. The Labute approximate surface area is 237 Å². The van der Waals surface area contributed by atoms with Gasteiger partial charge in [0.2, 0.25) is 5.96 Å². The summed E-state index contributed by atoms with van der Waals surface area (Å²) >= 11 is 0. The number of pyridine rings is 2. The quantitative estimate of drug-likeness (QED) is 0.124. The number of aromatic nitrogens is 2. The van der Waals surface area contributed by atoms with Crippen molar-refractivity contribution < 1.29 is 4.79 Å². The number of hydrogen-bond acceptors (Lipinski definition) is 7. The van der Waals surface area contributed by atoms with Crippen LogP contribution in [0.4, 0.5) is 22.0 Å². The normalized spacial score (nSPS) is 12.5. The number of carbonyl (C=O) groups is 1. The number of urea groups is 1. The number of nitrogens with two attached hydrogens (primary N) is 2. The fraction of sp³-hybridized carbons (Fsp3) is 0.0690. The molecule has 12 heteroatoms. The van der Waals surface area contributed by atoms with Crippen LogP contribution in [0, 0.1) is 0 Å². The highest BCUT2D eigenvalue weighted by Gasteiger charge is 2.06. The monoisotopic (exact) mass is 547 g/mol. The van der Waals surface area contributed by atoms with E-state index < -0.39 is 0 Å². The van der Waals surface area contributed by atoms with Gasteiger partial charge in [-0.15, -0.1) is 10.2 Å². The van der Waals surface area contributed by atoms with Crippen LogP contribution < -0.4 is 27.4 Å². The van der Waals surface area contributed by atoms with Crippen LogP contribution in [-0.4, -0.2) is 39.2 Å². The number of hydrogen-bond donors (Lipinski definition) is 5. The first-order valence-corrected chi connectivity index (χ1v) is 12.5. The second kappa shape index (κ2) is 13.8. The van der Waals surface area contributed by atoms with E-state index in [9.17, 15) is 4.79 Å². The average molecular weight is 548 g/mol. The van der Waals surface area contributed by atoms with Crippen LogP contribution in [0.25, 0.3) is 0 Å². The molecule has 12 nitrogen and oxygen atoms in total. The molecule has 0 unspecified atom stereocenters. The lowest BCUT2D eigenvalue weighted by molar-refractivity contribution is 0.262. The highest BCUT2D eigenvalue weighted by molar-refractivity contribution is 6.03. The van der Waals surface area contributed by atoms with Crippen LogP contribution in [0.2, 0.25) is 0 Å². The van der Waals surface area contributed by atoms with E-state index in [1.807, 2.05) is 50.2 Å². The highest BCUT2D eigenvalue weighted by Crippen LogP contribution is 2.14. The SMILES string of the molecule is C/C(=N/N=C(/N)c1ccccn1)c1ccc(NC(=O)Nc2ccc(/C(C)=N/N=C(/N)Nc3ccccn3)cc2)cc1. The molecule has 0 fully saturated rings. The molecule has 0 radical (unpaired) electrons. The number of amides is 2. The molecule has 7 N–H and O–H groups in total. The molecular formula is C29H29N11O. The van der Waals surface area contributed by atoms with Gasteiger partial charge >= 0.3 is 6.03 Å². The Kier molecular flexibility index (Phi) is 9.43. The van der Waals surface area contributed by atoms with Gasteiger partial charge in [-0.05, 0) is 73.5 Å². The topological polar surface area (TPSA) is 180 Å². The van der Waals surface area contributed by atoms with Crippen LogP contribution >= 0.6 is 0 Å². The number of anilines is 3. The van der Waals surface area contributed by atoms with Gasteiger partial charge in [0.05, 0.1) is 11.4 Å². The van der Waals surface area contributed by atoms with Crippen molar-refractivity contribution >= 4 is 46.4 Å². The lowest BCUT2D eigenvalue weighted by Crippen LogP contribution is -2.22. The third-order valence-electron chi connectivity index (χ3n) is 5.58. The molecule has 0 aliphatic carbocycles. The molecule has 41 heavy (non-hydrogen) atoms. The van der Waals surface area contributed by atoms with E-state index in [1.54, 1.807) is 60.9 Å². The molecule has 2 aromatic heterocycles. The predicted molar refractivity (Wildman–Crippen MR) is 164 cm³/mol. The molecule has 2 amide bonds. The van der Waals surface area contributed by atoms with Gasteiger partial charge < -0.3 is 27.4 Å². The van der Waals surface area contributed by atoms with Crippen molar-refractivity contribution in [3.63, 3.8) is 0 Å². The Morgan fingerprint density at radius 3 is 1.68 bits per heavy atom. The largest absolute Gasteiger partial charge is 0.380 e. The molecule has 0 atom stereocenters. The van der Waals surface area contributed by atoms with E-state index in [0.717, 1.165) is 11.1 Å². The number of nitrogens with one attached hydrogen (secondary N) is 3. The number of guanidine groups is 1. The van der Waals surface area contributed by atoms with E-state index in [1.165, 1.54) is 0 Å².